The van der Waals surface area contributed by atoms with Gasteiger partial charge in [-0.15, -0.1) is 0 Å². The molecule has 2 aromatic carbocycles. The minimum absolute atomic E-state index is 0.130. The Bertz CT molecular complexity index is 948. The zero-order valence-corrected chi connectivity index (χ0v) is 15.3. The number of aromatic nitrogens is 2. The Hall–Kier alpha value is -2.83. The second-order valence-electron chi connectivity index (χ2n) is 5.40. The lowest BCUT2D eigenvalue weighted by Crippen LogP contribution is -2.06. The Morgan fingerprint density at radius 2 is 1.62 bits per heavy atom. The highest BCUT2D eigenvalue weighted by molar-refractivity contribution is 6.43. The predicted octanol–water partition coefficient (Wildman–Crippen LogP) is 5.23. The van der Waals surface area contributed by atoms with Crippen LogP contribution >= 0.6 is 23.2 Å². The molecule has 6 nitrogen and oxygen atoms in total. The second kappa shape index (κ2) is 8.03. The van der Waals surface area contributed by atoms with E-state index >= 15 is 0 Å². The highest BCUT2D eigenvalue weighted by Crippen LogP contribution is 2.31. The highest BCUT2D eigenvalue weighted by Gasteiger charge is 2.06. The Morgan fingerprint density at radius 3 is 2.38 bits per heavy atom. The molecule has 132 valence electrons. The lowest BCUT2D eigenvalue weighted by atomic mass is 10.2. The van der Waals surface area contributed by atoms with E-state index in [-0.39, 0.29) is 5.91 Å². The van der Waals surface area contributed by atoms with Gasteiger partial charge in [0.05, 0.1) is 15.7 Å². The van der Waals surface area contributed by atoms with Crippen LogP contribution in [0.4, 0.5) is 28.7 Å². The van der Waals surface area contributed by atoms with Crippen molar-refractivity contribution in [2.75, 3.05) is 16.0 Å². The van der Waals surface area contributed by atoms with Gasteiger partial charge in [-0.1, -0.05) is 35.3 Å². The van der Waals surface area contributed by atoms with Crippen molar-refractivity contribution < 1.29 is 4.79 Å². The van der Waals surface area contributed by atoms with Gasteiger partial charge in [-0.3, -0.25) is 4.79 Å². The third-order valence-electron chi connectivity index (χ3n) is 3.34. The summed E-state index contributed by atoms with van der Waals surface area (Å²) in [6.07, 6.45) is 1.43. The molecule has 0 atom stereocenters. The van der Waals surface area contributed by atoms with E-state index in [4.69, 9.17) is 23.2 Å². The Kier molecular flexibility index (Phi) is 5.55. The molecule has 1 aromatic heterocycles. The van der Waals surface area contributed by atoms with Gasteiger partial charge in [-0.25, -0.2) is 9.97 Å². The van der Waals surface area contributed by atoms with Crippen LogP contribution in [0.3, 0.4) is 0 Å². The van der Waals surface area contributed by atoms with Crippen molar-refractivity contribution >= 4 is 57.8 Å². The Labute approximate surface area is 160 Å². The van der Waals surface area contributed by atoms with Crippen LogP contribution in [-0.2, 0) is 4.79 Å². The number of nitrogens with one attached hydrogen (secondary N) is 3. The van der Waals surface area contributed by atoms with Gasteiger partial charge in [-0.2, -0.15) is 0 Å². The van der Waals surface area contributed by atoms with Crippen molar-refractivity contribution in [3.8, 4) is 0 Å². The van der Waals surface area contributed by atoms with Crippen molar-refractivity contribution in [1.82, 2.24) is 9.97 Å². The number of carbonyl (C=O) groups is 1. The van der Waals surface area contributed by atoms with Crippen molar-refractivity contribution in [2.45, 2.75) is 6.92 Å². The van der Waals surface area contributed by atoms with Crippen LogP contribution in [-0.4, -0.2) is 15.9 Å². The summed E-state index contributed by atoms with van der Waals surface area (Å²) in [5.41, 5.74) is 2.12. The third kappa shape index (κ3) is 4.62. The number of hydrogen-bond donors (Lipinski definition) is 3. The lowest BCUT2D eigenvalue weighted by molar-refractivity contribution is -0.114. The first-order valence-corrected chi connectivity index (χ1v) is 8.44. The van der Waals surface area contributed by atoms with Gasteiger partial charge < -0.3 is 16.0 Å². The number of carbonyl (C=O) groups excluding carboxylic acids is 1. The molecule has 0 bridgehead atoms. The van der Waals surface area contributed by atoms with E-state index in [2.05, 4.69) is 25.9 Å². The maximum absolute atomic E-state index is 11.2. The number of rotatable bonds is 5. The first kappa shape index (κ1) is 18.0. The molecule has 26 heavy (non-hydrogen) atoms. The summed E-state index contributed by atoms with van der Waals surface area (Å²) >= 11 is 12.2. The average Bonchev–Trinajstić information content (AvgIpc) is 2.59. The molecule has 0 fully saturated rings. The predicted molar refractivity (Wildman–Crippen MR) is 106 cm³/mol. The molecule has 1 heterocycles. The molecule has 3 N–H and O–H groups in total. The number of amides is 1. The van der Waals surface area contributed by atoms with Gasteiger partial charge in [-0.05, 0) is 30.3 Å². The number of anilines is 5. The molecule has 1 amide bonds. The van der Waals surface area contributed by atoms with Crippen molar-refractivity contribution in [3.63, 3.8) is 0 Å². The molecule has 8 heteroatoms. The van der Waals surface area contributed by atoms with Crippen LogP contribution in [0.2, 0.25) is 10.0 Å². The van der Waals surface area contributed by atoms with Gasteiger partial charge in [0, 0.05) is 24.4 Å². The molecule has 0 aliphatic rings. The van der Waals surface area contributed by atoms with E-state index in [9.17, 15) is 4.79 Å². The van der Waals surface area contributed by atoms with Gasteiger partial charge in [0.25, 0.3) is 0 Å². The van der Waals surface area contributed by atoms with E-state index in [1.165, 1.54) is 13.3 Å². The fourth-order valence-electron chi connectivity index (χ4n) is 2.26. The van der Waals surface area contributed by atoms with E-state index in [1.54, 1.807) is 30.3 Å². The van der Waals surface area contributed by atoms with Crippen LogP contribution in [0.25, 0.3) is 0 Å². The Balaban J connectivity index is 1.77. The average molecular weight is 388 g/mol. The molecule has 3 rings (SSSR count). The highest BCUT2D eigenvalue weighted by atomic mass is 35.5. The molecular formula is C18H15Cl2N5O. The summed E-state index contributed by atoms with van der Waals surface area (Å²) in [6.45, 7) is 1.46. The first-order chi connectivity index (χ1) is 12.5. The zero-order valence-electron chi connectivity index (χ0n) is 13.8. The SMILES string of the molecule is CC(=O)Nc1cccc(Nc2cc(Nc3cccc(Cl)c3Cl)ncn2)c1. The van der Waals surface area contributed by atoms with E-state index in [0.29, 0.717) is 33.1 Å². The van der Waals surface area contributed by atoms with Crippen molar-refractivity contribution in [3.05, 3.63) is 64.9 Å². The summed E-state index contributed by atoms with van der Waals surface area (Å²) in [5.74, 6) is 1.01. The maximum atomic E-state index is 11.2. The molecule has 0 saturated heterocycles. The minimum Gasteiger partial charge on any atom is -0.340 e. The Morgan fingerprint density at radius 1 is 0.923 bits per heavy atom. The summed E-state index contributed by atoms with van der Waals surface area (Å²) in [7, 11) is 0. The van der Waals surface area contributed by atoms with Gasteiger partial charge in [0.2, 0.25) is 5.91 Å². The smallest absolute Gasteiger partial charge is 0.221 e. The summed E-state index contributed by atoms with van der Waals surface area (Å²) in [6, 6.07) is 14.4. The number of benzene rings is 2. The normalized spacial score (nSPS) is 10.3. The summed E-state index contributed by atoms with van der Waals surface area (Å²) < 4.78 is 0. The quantitative estimate of drug-likeness (QED) is 0.558. The molecule has 0 unspecified atom stereocenters. The summed E-state index contributed by atoms with van der Waals surface area (Å²) in [4.78, 5) is 19.6. The van der Waals surface area contributed by atoms with Crippen LogP contribution in [0, 0.1) is 0 Å². The summed E-state index contributed by atoms with van der Waals surface area (Å²) in [5, 5.41) is 9.89. The van der Waals surface area contributed by atoms with Gasteiger partial charge >= 0.3 is 0 Å². The first-order valence-electron chi connectivity index (χ1n) is 7.69. The molecule has 0 aliphatic heterocycles. The van der Waals surface area contributed by atoms with E-state index in [1.807, 2.05) is 18.2 Å². The monoisotopic (exact) mass is 387 g/mol. The van der Waals surface area contributed by atoms with Crippen LogP contribution in [0.1, 0.15) is 6.92 Å². The standard InChI is InChI=1S/C18H15Cl2N5O/c1-11(26)23-12-4-2-5-13(8-12)24-16-9-17(22-10-21-16)25-15-7-3-6-14(19)18(15)20/h2-10H,1H3,(H,23,26)(H2,21,22,24,25). The third-order valence-corrected chi connectivity index (χ3v) is 4.16. The number of hydrogen-bond acceptors (Lipinski definition) is 5. The van der Waals surface area contributed by atoms with E-state index < -0.39 is 0 Å². The van der Waals surface area contributed by atoms with Gasteiger partial charge in [0.15, 0.2) is 0 Å². The van der Waals surface area contributed by atoms with Crippen LogP contribution < -0.4 is 16.0 Å². The van der Waals surface area contributed by atoms with Crippen LogP contribution in [0.15, 0.2) is 54.9 Å². The zero-order chi connectivity index (χ0) is 18.5. The lowest BCUT2D eigenvalue weighted by Gasteiger charge is -2.11. The molecular weight excluding hydrogens is 373 g/mol. The molecule has 3 aromatic rings. The fraction of sp³-hybridized carbons (Fsp3) is 0.0556. The topological polar surface area (TPSA) is 78.9 Å². The molecule has 0 radical (unpaired) electrons. The van der Waals surface area contributed by atoms with Crippen LogP contribution in [0.5, 0.6) is 0 Å². The fourth-order valence-corrected chi connectivity index (χ4v) is 2.61. The maximum Gasteiger partial charge on any atom is 0.221 e. The van der Waals surface area contributed by atoms with Gasteiger partial charge in [0.1, 0.15) is 18.0 Å². The number of halogens is 2. The molecule has 0 spiro atoms. The van der Waals surface area contributed by atoms with Crippen molar-refractivity contribution in [1.29, 1.82) is 0 Å². The van der Waals surface area contributed by atoms with E-state index in [0.717, 1.165) is 5.69 Å². The molecule has 0 saturated carbocycles. The largest absolute Gasteiger partial charge is 0.340 e. The molecule has 0 aliphatic carbocycles. The van der Waals surface area contributed by atoms with Crippen molar-refractivity contribution in [2.24, 2.45) is 0 Å². The number of nitrogens with zero attached hydrogens (tertiary/aromatic N) is 2. The second-order valence-corrected chi connectivity index (χ2v) is 6.19. The minimum atomic E-state index is -0.130.